The maximum absolute atomic E-state index is 11.7. The first-order valence-electron chi connectivity index (χ1n) is 7.66. The summed E-state index contributed by atoms with van der Waals surface area (Å²) >= 11 is 5.59. The summed E-state index contributed by atoms with van der Waals surface area (Å²) in [4.78, 5) is 23.1. The molecule has 0 heterocycles. The lowest BCUT2D eigenvalue weighted by Gasteiger charge is -2.28. The van der Waals surface area contributed by atoms with E-state index in [0.717, 1.165) is 38.5 Å². The van der Waals surface area contributed by atoms with Gasteiger partial charge in [-0.3, -0.25) is 9.59 Å². The number of carbonyl (C=O) groups is 2. The number of carbonyl (C=O) groups excluding carboxylic acids is 2. The van der Waals surface area contributed by atoms with Gasteiger partial charge in [0.15, 0.2) is 0 Å². The van der Waals surface area contributed by atoms with Crippen molar-refractivity contribution in [3.63, 3.8) is 0 Å². The van der Waals surface area contributed by atoms with Gasteiger partial charge in [0.1, 0.15) is 0 Å². The molecule has 0 aromatic rings. The van der Waals surface area contributed by atoms with Crippen LogP contribution in [-0.4, -0.2) is 30.4 Å². The average molecular weight is 304 g/mol. The highest BCUT2D eigenvalue weighted by Gasteiger charge is 2.24. The topological polar surface area (TPSA) is 55.4 Å². The number of esters is 1. The highest BCUT2D eigenvalue weighted by Crippen LogP contribution is 2.27. The lowest BCUT2D eigenvalue weighted by Crippen LogP contribution is -2.37. The number of ether oxygens (including phenoxy) is 1. The smallest absolute Gasteiger partial charge is 0.306 e. The number of halogens is 1. The second-order valence-corrected chi connectivity index (χ2v) is 5.82. The van der Waals surface area contributed by atoms with Gasteiger partial charge in [-0.25, -0.2) is 0 Å². The molecule has 116 valence electrons. The van der Waals surface area contributed by atoms with E-state index >= 15 is 0 Å². The first-order valence-corrected chi connectivity index (χ1v) is 8.20. The molecule has 0 aromatic heterocycles. The van der Waals surface area contributed by atoms with Crippen LogP contribution in [0.4, 0.5) is 0 Å². The predicted octanol–water partition coefficient (Wildman–Crippen LogP) is 3.02. The predicted molar refractivity (Wildman–Crippen MR) is 79.7 cm³/mol. The van der Waals surface area contributed by atoms with Crippen molar-refractivity contribution < 1.29 is 14.3 Å². The quantitative estimate of drug-likeness (QED) is 0.426. The molecular weight excluding hydrogens is 278 g/mol. The van der Waals surface area contributed by atoms with Gasteiger partial charge in [0.05, 0.1) is 6.61 Å². The molecule has 0 unspecified atom stereocenters. The van der Waals surface area contributed by atoms with Gasteiger partial charge in [-0.1, -0.05) is 0 Å². The van der Waals surface area contributed by atoms with Crippen LogP contribution in [0.15, 0.2) is 0 Å². The molecule has 1 aliphatic rings. The zero-order valence-corrected chi connectivity index (χ0v) is 13.1. The summed E-state index contributed by atoms with van der Waals surface area (Å²) in [7, 11) is 0. The molecule has 1 N–H and O–H groups in total. The molecule has 4 nitrogen and oxygen atoms in total. The van der Waals surface area contributed by atoms with E-state index in [1.54, 1.807) is 0 Å². The van der Waals surface area contributed by atoms with E-state index in [0.29, 0.717) is 31.2 Å². The van der Waals surface area contributed by atoms with E-state index in [-0.39, 0.29) is 17.9 Å². The summed E-state index contributed by atoms with van der Waals surface area (Å²) in [6.07, 6.45) is 6.74. The van der Waals surface area contributed by atoms with Crippen molar-refractivity contribution in [2.75, 3.05) is 12.5 Å². The third kappa shape index (κ3) is 7.13. The van der Waals surface area contributed by atoms with Crippen LogP contribution in [0.2, 0.25) is 0 Å². The molecule has 1 saturated carbocycles. The van der Waals surface area contributed by atoms with Gasteiger partial charge in [-0.05, 0) is 51.4 Å². The molecule has 1 rings (SSSR count). The van der Waals surface area contributed by atoms with Crippen LogP contribution in [0, 0.1) is 5.92 Å². The molecule has 1 fully saturated rings. The van der Waals surface area contributed by atoms with Crippen molar-refractivity contribution >= 4 is 23.5 Å². The Labute approximate surface area is 126 Å². The second kappa shape index (κ2) is 10.0. The van der Waals surface area contributed by atoms with Crippen molar-refractivity contribution in [1.82, 2.24) is 5.32 Å². The fourth-order valence-corrected chi connectivity index (χ4v) is 2.84. The van der Waals surface area contributed by atoms with Crippen molar-refractivity contribution in [3.8, 4) is 0 Å². The first kappa shape index (κ1) is 17.3. The van der Waals surface area contributed by atoms with E-state index in [4.69, 9.17) is 16.3 Å². The van der Waals surface area contributed by atoms with Gasteiger partial charge in [0, 0.05) is 24.8 Å². The van der Waals surface area contributed by atoms with Gasteiger partial charge < -0.3 is 10.1 Å². The SMILES string of the molecule is CCOC(=O)CC1CCC(NC(=O)CCCCCl)CC1. The number of amides is 1. The molecule has 0 aliphatic heterocycles. The third-order valence-corrected chi connectivity index (χ3v) is 4.03. The lowest BCUT2D eigenvalue weighted by molar-refractivity contribution is -0.144. The maximum Gasteiger partial charge on any atom is 0.306 e. The summed E-state index contributed by atoms with van der Waals surface area (Å²) in [5.41, 5.74) is 0. The maximum atomic E-state index is 11.7. The minimum Gasteiger partial charge on any atom is -0.466 e. The molecule has 20 heavy (non-hydrogen) atoms. The van der Waals surface area contributed by atoms with Crippen molar-refractivity contribution in [1.29, 1.82) is 0 Å². The Morgan fingerprint density at radius 3 is 2.50 bits per heavy atom. The highest BCUT2D eigenvalue weighted by atomic mass is 35.5. The molecule has 1 aliphatic carbocycles. The summed E-state index contributed by atoms with van der Waals surface area (Å²) < 4.78 is 4.97. The standard InChI is InChI=1S/C15H26ClNO3/c1-2-20-15(19)11-12-6-8-13(9-7-12)17-14(18)5-3-4-10-16/h12-13H,2-11H2,1H3,(H,17,18). The molecule has 0 atom stereocenters. The Bertz CT molecular complexity index is 301. The Hall–Kier alpha value is -0.770. The molecule has 0 bridgehead atoms. The minimum absolute atomic E-state index is 0.0962. The van der Waals surface area contributed by atoms with E-state index in [2.05, 4.69) is 5.32 Å². The number of unbranched alkanes of at least 4 members (excludes halogenated alkanes) is 1. The van der Waals surface area contributed by atoms with Gasteiger partial charge in [0.25, 0.3) is 0 Å². The molecule has 1 amide bonds. The largest absolute Gasteiger partial charge is 0.466 e. The van der Waals surface area contributed by atoms with E-state index in [9.17, 15) is 9.59 Å². The van der Waals surface area contributed by atoms with Crippen LogP contribution >= 0.6 is 11.6 Å². The van der Waals surface area contributed by atoms with Crippen LogP contribution in [0.3, 0.4) is 0 Å². The Morgan fingerprint density at radius 1 is 1.20 bits per heavy atom. The molecule has 5 heteroatoms. The van der Waals surface area contributed by atoms with Gasteiger partial charge in [-0.2, -0.15) is 0 Å². The molecule has 0 radical (unpaired) electrons. The Balaban J connectivity index is 2.15. The number of hydrogen-bond acceptors (Lipinski definition) is 3. The van der Waals surface area contributed by atoms with Gasteiger partial charge in [0.2, 0.25) is 5.91 Å². The highest BCUT2D eigenvalue weighted by molar-refractivity contribution is 6.17. The Morgan fingerprint density at radius 2 is 1.90 bits per heavy atom. The number of nitrogens with one attached hydrogen (secondary N) is 1. The number of rotatable bonds is 8. The van der Waals surface area contributed by atoms with Gasteiger partial charge >= 0.3 is 5.97 Å². The lowest BCUT2D eigenvalue weighted by atomic mass is 9.84. The average Bonchev–Trinajstić information content (AvgIpc) is 2.41. The van der Waals surface area contributed by atoms with Crippen molar-refractivity contribution in [2.24, 2.45) is 5.92 Å². The Kier molecular flexibility index (Phi) is 8.67. The van der Waals surface area contributed by atoms with Gasteiger partial charge in [-0.15, -0.1) is 11.6 Å². The zero-order valence-electron chi connectivity index (χ0n) is 12.3. The second-order valence-electron chi connectivity index (χ2n) is 5.44. The van der Waals surface area contributed by atoms with Crippen LogP contribution in [-0.2, 0) is 14.3 Å². The van der Waals surface area contributed by atoms with Crippen molar-refractivity contribution in [3.05, 3.63) is 0 Å². The monoisotopic (exact) mass is 303 g/mol. The summed E-state index contributed by atoms with van der Waals surface area (Å²) in [6.45, 7) is 2.28. The summed E-state index contributed by atoms with van der Waals surface area (Å²) in [6, 6.07) is 0.275. The molecule has 0 aromatic carbocycles. The van der Waals surface area contributed by atoms with Crippen LogP contribution in [0.5, 0.6) is 0 Å². The summed E-state index contributed by atoms with van der Waals surface area (Å²) in [5.74, 6) is 1.06. The van der Waals surface area contributed by atoms with Crippen molar-refractivity contribution in [2.45, 2.75) is 64.3 Å². The van der Waals surface area contributed by atoms with E-state index in [1.165, 1.54) is 0 Å². The summed E-state index contributed by atoms with van der Waals surface area (Å²) in [5, 5.41) is 3.08. The zero-order chi connectivity index (χ0) is 14.8. The van der Waals surface area contributed by atoms with Crippen LogP contribution in [0.1, 0.15) is 58.3 Å². The first-order chi connectivity index (χ1) is 9.65. The third-order valence-electron chi connectivity index (χ3n) is 3.76. The fourth-order valence-electron chi connectivity index (χ4n) is 2.65. The van der Waals surface area contributed by atoms with E-state index < -0.39 is 0 Å². The van der Waals surface area contributed by atoms with Crippen LogP contribution < -0.4 is 5.32 Å². The molecule has 0 saturated heterocycles. The number of hydrogen-bond donors (Lipinski definition) is 1. The fraction of sp³-hybridized carbons (Fsp3) is 0.867. The number of alkyl halides is 1. The molecular formula is C15H26ClNO3. The normalized spacial score (nSPS) is 22.3. The van der Waals surface area contributed by atoms with E-state index in [1.807, 2.05) is 6.92 Å². The molecule has 0 spiro atoms. The minimum atomic E-state index is -0.0962. The van der Waals surface area contributed by atoms with Crippen LogP contribution in [0.25, 0.3) is 0 Å².